The largest absolute Gasteiger partial charge is 0.481 e. The molecule has 0 aliphatic carbocycles. The standard InChI is InChI=1S/C19H14ClN5O4S/c1-24-8-15(20)14-7-10(2-3-16(14)24)11-4-12(6-13(5-11)25(28)29)18-21-19(23-22-18)30-9-17(26)27/h2-8H,9H2,1H3,(H,26,27)(H,21,22,23). The van der Waals surface area contributed by atoms with E-state index in [2.05, 4.69) is 15.2 Å². The molecule has 0 saturated heterocycles. The van der Waals surface area contributed by atoms with Gasteiger partial charge in [-0.25, -0.2) is 4.98 Å². The average molecular weight is 444 g/mol. The lowest BCUT2D eigenvalue weighted by atomic mass is 10.0. The number of carboxylic acid groups (broad SMARTS) is 1. The summed E-state index contributed by atoms with van der Waals surface area (Å²) in [7, 11) is 1.89. The number of nitrogens with zero attached hydrogens (tertiary/aromatic N) is 4. The van der Waals surface area contributed by atoms with Crippen LogP contribution in [0, 0.1) is 10.1 Å². The summed E-state index contributed by atoms with van der Waals surface area (Å²) in [6.07, 6.45) is 1.81. The van der Waals surface area contributed by atoms with Crippen molar-refractivity contribution in [3.63, 3.8) is 0 Å². The number of nitro benzene ring substituents is 1. The minimum absolute atomic E-state index is 0.0992. The first-order chi connectivity index (χ1) is 14.3. The zero-order chi connectivity index (χ0) is 21.4. The van der Waals surface area contributed by atoms with E-state index in [1.165, 1.54) is 12.1 Å². The van der Waals surface area contributed by atoms with Gasteiger partial charge in [-0.3, -0.25) is 20.0 Å². The number of benzene rings is 2. The van der Waals surface area contributed by atoms with Crippen LogP contribution in [-0.4, -0.2) is 41.5 Å². The van der Waals surface area contributed by atoms with E-state index >= 15 is 0 Å². The van der Waals surface area contributed by atoms with Crippen molar-refractivity contribution in [2.45, 2.75) is 5.16 Å². The number of nitrogens with one attached hydrogen (secondary N) is 1. The zero-order valence-electron chi connectivity index (χ0n) is 15.5. The fraction of sp³-hybridized carbons (Fsp3) is 0.105. The number of non-ortho nitro benzene ring substituents is 1. The SMILES string of the molecule is Cn1cc(Cl)c2cc(-c3cc(-c4nc(SCC(=O)O)n[nH]4)cc([N+](=O)[O-])c3)ccc21. The number of hydrogen-bond donors (Lipinski definition) is 2. The Labute approximate surface area is 178 Å². The minimum atomic E-state index is -0.987. The van der Waals surface area contributed by atoms with Gasteiger partial charge in [-0.05, 0) is 29.3 Å². The maximum Gasteiger partial charge on any atom is 0.313 e. The number of aryl methyl sites for hydroxylation is 1. The zero-order valence-corrected chi connectivity index (χ0v) is 17.1. The van der Waals surface area contributed by atoms with Crippen LogP contribution in [0.2, 0.25) is 5.02 Å². The molecule has 30 heavy (non-hydrogen) atoms. The highest BCUT2D eigenvalue weighted by molar-refractivity contribution is 7.99. The molecule has 0 spiro atoms. The second kappa shape index (κ2) is 7.81. The van der Waals surface area contributed by atoms with Crippen LogP contribution in [0.25, 0.3) is 33.4 Å². The Kier molecular flexibility index (Phi) is 5.18. The molecular weight excluding hydrogens is 430 g/mol. The highest BCUT2D eigenvalue weighted by Gasteiger charge is 2.16. The smallest absolute Gasteiger partial charge is 0.313 e. The fourth-order valence-corrected chi connectivity index (χ4v) is 3.93. The third-order valence-corrected chi connectivity index (χ3v) is 5.60. The number of carboxylic acids is 1. The molecule has 0 radical (unpaired) electrons. The first-order valence-electron chi connectivity index (χ1n) is 8.63. The molecule has 0 amide bonds. The van der Waals surface area contributed by atoms with Crippen LogP contribution >= 0.6 is 23.4 Å². The Morgan fingerprint density at radius 3 is 2.77 bits per heavy atom. The van der Waals surface area contributed by atoms with Gasteiger partial charge in [0, 0.05) is 41.8 Å². The van der Waals surface area contributed by atoms with Crippen LogP contribution in [0.5, 0.6) is 0 Å². The Bertz CT molecular complexity index is 1300. The summed E-state index contributed by atoms with van der Waals surface area (Å²) >= 11 is 7.26. The number of rotatable bonds is 6. The Morgan fingerprint density at radius 1 is 1.27 bits per heavy atom. The Balaban J connectivity index is 1.78. The Hall–Kier alpha value is -3.37. The molecule has 11 heteroatoms. The lowest BCUT2D eigenvalue weighted by Gasteiger charge is -2.06. The van der Waals surface area contributed by atoms with Gasteiger partial charge in [0.2, 0.25) is 5.16 Å². The average Bonchev–Trinajstić information content (AvgIpc) is 3.30. The predicted molar refractivity (Wildman–Crippen MR) is 114 cm³/mol. The van der Waals surface area contributed by atoms with Crippen molar-refractivity contribution in [3.8, 4) is 22.5 Å². The summed E-state index contributed by atoms with van der Waals surface area (Å²) in [6.45, 7) is 0. The van der Waals surface area contributed by atoms with Gasteiger partial charge in [-0.1, -0.05) is 29.4 Å². The molecule has 0 atom stereocenters. The van der Waals surface area contributed by atoms with E-state index in [9.17, 15) is 14.9 Å². The van der Waals surface area contributed by atoms with Gasteiger partial charge in [0.1, 0.15) is 0 Å². The number of aliphatic carboxylic acids is 1. The number of thioether (sulfide) groups is 1. The molecule has 2 aromatic heterocycles. The predicted octanol–water partition coefficient (Wildman–Crippen LogP) is 4.37. The molecule has 0 bridgehead atoms. The third kappa shape index (κ3) is 3.87. The quantitative estimate of drug-likeness (QED) is 0.257. The van der Waals surface area contributed by atoms with E-state index < -0.39 is 10.9 Å². The van der Waals surface area contributed by atoms with E-state index in [-0.39, 0.29) is 16.6 Å². The molecule has 0 fully saturated rings. The topological polar surface area (TPSA) is 127 Å². The molecule has 4 rings (SSSR count). The number of hydrogen-bond acceptors (Lipinski definition) is 6. The van der Waals surface area contributed by atoms with E-state index in [1.807, 2.05) is 29.8 Å². The van der Waals surface area contributed by atoms with Crippen LogP contribution in [0.15, 0.2) is 47.8 Å². The van der Waals surface area contributed by atoms with Gasteiger partial charge in [0.15, 0.2) is 5.82 Å². The summed E-state index contributed by atoms with van der Waals surface area (Å²) in [4.78, 5) is 26.0. The first-order valence-corrected chi connectivity index (χ1v) is 10.00. The normalized spacial score (nSPS) is 11.1. The molecule has 9 nitrogen and oxygen atoms in total. The van der Waals surface area contributed by atoms with Crippen molar-refractivity contribution >= 4 is 45.9 Å². The molecular formula is C19H14ClN5O4S. The van der Waals surface area contributed by atoms with Crippen LogP contribution < -0.4 is 0 Å². The van der Waals surface area contributed by atoms with Gasteiger partial charge in [0.05, 0.1) is 15.7 Å². The van der Waals surface area contributed by atoms with E-state index in [1.54, 1.807) is 12.3 Å². The number of carbonyl (C=O) groups is 1. The van der Waals surface area contributed by atoms with Gasteiger partial charge < -0.3 is 9.67 Å². The fourth-order valence-electron chi connectivity index (χ4n) is 3.11. The molecule has 152 valence electrons. The number of aromatic amines is 1. The second-order valence-electron chi connectivity index (χ2n) is 6.49. The molecule has 0 saturated carbocycles. The van der Waals surface area contributed by atoms with Crippen molar-refractivity contribution in [2.75, 3.05) is 5.75 Å². The van der Waals surface area contributed by atoms with Crippen LogP contribution in [0.3, 0.4) is 0 Å². The Morgan fingerprint density at radius 2 is 2.03 bits per heavy atom. The van der Waals surface area contributed by atoms with Crippen LogP contribution in [0.1, 0.15) is 0 Å². The molecule has 2 heterocycles. The molecule has 0 aliphatic rings. The molecule has 0 aliphatic heterocycles. The minimum Gasteiger partial charge on any atom is -0.481 e. The van der Waals surface area contributed by atoms with Crippen LogP contribution in [-0.2, 0) is 11.8 Å². The van der Waals surface area contributed by atoms with Gasteiger partial charge in [-0.15, -0.1) is 5.10 Å². The molecule has 2 N–H and O–H groups in total. The van der Waals surface area contributed by atoms with Crippen molar-refractivity contribution in [3.05, 3.63) is 57.7 Å². The van der Waals surface area contributed by atoms with Crippen LogP contribution in [0.4, 0.5) is 5.69 Å². The monoisotopic (exact) mass is 443 g/mol. The molecule has 2 aromatic carbocycles. The highest BCUT2D eigenvalue weighted by atomic mass is 35.5. The van der Waals surface area contributed by atoms with Crippen molar-refractivity contribution < 1.29 is 14.8 Å². The summed E-state index contributed by atoms with van der Waals surface area (Å²) in [5.74, 6) is -0.861. The number of fused-ring (bicyclic) bond motifs is 1. The van der Waals surface area contributed by atoms with Gasteiger partial charge in [-0.2, -0.15) is 0 Å². The molecule has 0 unspecified atom stereocenters. The van der Waals surface area contributed by atoms with E-state index in [0.717, 1.165) is 28.2 Å². The van der Waals surface area contributed by atoms with Gasteiger partial charge in [0.25, 0.3) is 5.69 Å². The molecule has 4 aromatic rings. The van der Waals surface area contributed by atoms with Crippen molar-refractivity contribution in [1.29, 1.82) is 0 Å². The summed E-state index contributed by atoms with van der Waals surface area (Å²) in [5, 5.41) is 28.6. The maximum atomic E-state index is 11.5. The van der Waals surface area contributed by atoms with E-state index in [4.69, 9.17) is 16.7 Å². The number of halogens is 1. The second-order valence-corrected chi connectivity index (χ2v) is 7.84. The first kappa shape index (κ1) is 19.9. The van der Waals surface area contributed by atoms with Crippen molar-refractivity contribution in [2.24, 2.45) is 7.05 Å². The third-order valence-electron chi connectivity index (χ3n) is 4.47. The summed E-state index contributed by atoms with van der Waals surface area (Å²) in [5.41, 5.74) is 2.70. The summed E-state index contributed by atoms with van der Waals surface area (Å²) in [6, 6.07) is 10.3. The van der Waals surface area contributed by atoms with Crippen molar-refractivity contribution in [1.82, 2.24) is 19.7 Å². The highest BCUT2D eigenvalue weighted by Crippen LogP contribution is 2.34. The van der Waals surface area contributed by atoms with Gasteiger partial charge >= 0.3 is 5.97 Å². The lowest BCUT2D eigenvalue weighted by molar-refractivity contribution is -0.384. The number of nitro groups is 1. The van der Waals surface area contributed by atoms with E-state index in [0.29, 0.717) is 22.0 Å². The lowest BCUT2D eigenvalue weighted by Crippen LogP contribution is -1.97. The summed E-state index contributed by atoms with van der Waals surface area (Å²) < 4.78 is 1.91. The number of aromatic nitrogens is 4. The maximum absolute atomic E-state index is 11.5. The number of H-pyrrole nitrogens is 1.